The summed E-state index contributed by atoms with van der Waals surface area (Å²) in [5.41, 5.74) is 1.86. The molecule has 0 unspecified atom stereocenters. The first-order valence-corrected chi connectivity index (χ1v) is 7.73. The van der Waals surface area contributed by atoms with Crippen LogP contribution in [0.15, 0.2) is 54.9 Å². The van der Waals surface area contributed by atoms with Crippen LogP contribution in [0, 0.1) is 0 Å². The fraction of sp³-hybridized carbons (Fsp3) is 0.222. The van der Waals surface area contributed by atoms with Crippen molar-refractivity contribution >= 4 is 16.7 Å². The lowest BCUT2D eigenvalue weighted by Crippen LogP contribution is -2.19. The molecule has 0 aliphatic carbocycles. The molecule has 0 spiro atoms. The van der Waals surface area contributed by atoms with Crippen molar-refractivity contribution in [3.63, 3.8) is 0 Å². The van der Waals surface area contributed by atoms with Gasteiger partial charge in [-0.1, -0.05) is 24.3 Å². The Morgan fingerprint density at radius 2 is 1.72 bits per heavy atom. The van der Waals surface area contributed by atoms with Crippen LogP contribution in [-0.4, -0.2) is 29.3 Å². The smallest absolute Gasteiger partial charge is 0.422 e. The minimum absolute atomic E-state index is 0.204. The van der Waals surface area contributed by atoms with E-state index in [0.29, 0.717) is 13.0 Å². The van der Waals surface area contributed by atoms with E-state index in [1.54, 1.807) is 24.3 Å². The summed E-state index contributed by atoms with van der Waals surface area (Å²) in [6, 6.07) is 14.3. The third-order valence-electron chi connectivity index (χ3n) is 3.57. The van der Waals surface area contributed by atoms with E-state index in [9.17, 15) is 13.2 Å². The second-order valence-corrected chi connectivity index (χ2v) is 5.46. The molecule has 1 aromatic heterocycles. The lowest BCUT2D eigenvalue weighted by Gasteiger charge is -2.10. The number of para-hydroxylation sites is 1. The lowest BCUT2D eigenvalue weighted by atomic mass is 10.1. The maximum atomic E-state index is 12.1. The first-order chi connectivity index (χ1) is 12.0. The summed E-state index contributed by atoms with van der Waals surface area (Å²) in [5.74, 6) is 0.964. The summed E-state index contributed by atoms with van der Waals surface area (Å²) in [6.45, 7) is -0.640. The van der Waals surface area contributed by atoms with Crippen LogP contribution in [0.3, 0.4) is 0 Å². The summed E-state index contributed by atoms with van der Waals surface area (Å²) in [5, 5.41) is 4.21. The molecular formula is C18H16F3N3O. The average Bonchev–Trinajstić information content (AvgIpc) is 2.61. The van der Waals surface area contributed by atoms with E-state index in [-0.39, 0.29) is 5.75 Å². The van der Waals surface area contributed by atoms with Gasteiger partial charge in [-0.3, -0.25) is 0 Å². The van der Waals surface area contributed by atoms with Crippen molar-refractivity contribution in [2.45, 2.75) is 12.6 Å². The monoisotopic (exact) mass is 347 g/mol. The van der Waals surface area contributed by atoms with Crippen LogP contribution in [0.1, 0.15) is 5.56 Å². The van der Waals surface area contributed by atoms with Gasteiger partial charge in [0.05, 0.1) is 5.52 Å². The Morgan fingerprint density at radius 3 is 2.48 bits per heavy atom. The number of nitrogens with one attached hydrogen (secondary N) is 1. The molecule has 0 aliphatic heterocycles. The third-order valence-corrected chi connectivity index (χ3v) is 3.57. The Labute approximate surface area is 142 Å². The minimum Gasteiger partial charge on any atom is -0.484 e. The van der Waals surface area contributed by atoms with Crippen LogP contribution in [0.5, 0.6) is 5.75 Å². The highest BCUT2D eigenvalue weighted by Crippen LogP contribution is 2.20. The molecule has 0 saturated heterocycles. The molecule has 1 heterocycles. The summed E-state index contributed by atoms with van der Waals surface area (Å²) in [6.07, 6.45) is -2.11. The Morgan fingerprint density at radius 1 is 0.960 bits per heavy atom. The highest BCUT2D eigenvalue weighted by molar-refractivity contribution is 5.88. The van der Waals surface area contributed by atoms with E-state index >= 15 is 0 Å². The molecule has 25 heavy (non-hydrogen) atoms. The van der Waals surface area contributed by atoms with Gasteiger partial charge in [-0.2, -0.15) is 13.2 Å². The molecule has 4 nitrogen and oxygen atoms in total. The van der Waals surface area contributed by atoms with Gasteiger partial charge >= 0.3 is 6.18 Å². The van der Waals surface area contributed by atoms with Crippen LogP contribution in [-0.2, 0) is 6.42 Å². The zero-order valence-corrected chi connectivity index (χ0v) is 13.3. The number of halogens is 3. The highest BCUT2D eigenvalue weighted by Gasteiger charge is 2.28. The van der Waals surface area contributed by atoms with Gasteiger partial charge in [0.25, 0.3) is 0 Å². The molecule has 0 amide bonds. The minimum atomic E-state index is -4.33. The van der Waals surface area contributed by atoms with Crippen LogP contribution in [0.25, 0.3) is 10.9 Å². The molecule has 0 fully saturated rings. The van der Waals surface area contributed by atoms with Gasteiger partial charge < -0.3 is 10.1 Å². The van der Waals surface area contributed by atoms with Crippen molar-refractivity contribution in [2.75, 3.05) is 18.5 Å². The first-order valence-electron chi connectivity index (χ1n) is 7.73. The number of rotatable bonds is 6. The molecule has 0 aliphatic rings. The first kappa shape index (κ1) is 17.0. The molecule has 0 saturated carbocycles. The number of aromatic nitrogens is 2. The van der Waals surface area contributed by atoms with Crippen LogP contribution >= 0.6 is 0 Å². The van der Waals surface area contributed by atoms with Gasteiger partial charge in [0.15, 0.2) is 6.61 Å². The summed E-state index contributed by atoms with van der Waals surface area (Å²) < 4.78 is 41.0. The van der Waals surface area contributed by atoms with Crippen molar-refractivity contribution in [1.29, 1.82) is 0 Å². The topological polar surface area (TPSA) is 47.0 Å². The molecular weight excluding hydrogens is 331 g/mol. The number of alkyl halides is 3. The van der Waals surface area contributed by atoms with Gasteiger partial charge in [0, 0.05) is 11.9 Å². The van der Waals surface area contributed by atoms with Gasteiger partial charge in [-0.05, 0) is 36.2 Å². The summed E-state index contributed by atoms with van der Waals surface area (Å²) >= 11 is 0. The molecule has 0 bridgehead atoms. The number of benzene rings is 2. The Kier molecular flexibility index (Phi) is 5.02. The predicted octanol–water partition coefficient (Wildman–Crippen LogP) is 4.23. The second-order valence-electron chi connectivity index (χ2n) is 5.46. The molecule has 0 atom stereocenters. The third kappa shape index (κ3) is 4.82. The molecule has 2 aromatic carbocycles. The maximum Gasteiger partial charge on any atom is 0.422 e. The lowest BCUT2D eigenvalue weighted by molar-refractivity contribution is -0.153. The number of fused-ring (bicyclic) bond motifs is 1. The van der Waals surface area contributed by atoms with Crippen LogP contribution in [0.2, 0.25) is 0 Å². The largest absolute Gasteiger partial charge is 0.484 e. The molecule has 0 radical (unpaired) electrons. The van der Waals surface area contributed by atoms with E-state index in [1.165, 1.54) is 6.33 Å². The quantitative estimate of drug-likeness (QED) is 0.725. The summed E-state index contributed by atoms with van der Waals surface area (Å²) in [4.78, 5) is 8.46. The zero-order chi connectivity index (χ0) is 17.7. The summed E-state index contributed by atoms with van der Waals surface area (Å²) in [7, 11) is 0. The average molecular weight is 347 g/mol. The molecule has 7 heteroatoms. The Bertz CT molecular complexity index is 830. The van der Waals surface area contributed by atoms with E-state index in [4.69, 9.17) is 0 Å². The Balaban J connectivity index is 1.55. The van der Waals surface area contributed by atoms with E-state index < -0.39 is 12.8 Å². The number of hydrogen-bond donors (Lipinski definition) is 1. The number of nitrogens with zero attached hydrogens (tertiary/aromatic N) is 2. The van der Waals surface area contributed by atoms with Crippen molar-refractivity contribution in [1.82, 2.24) is 9.97 Å². The van der Waals surface area contributed by atoms with Crippen LogP contribution in [0.4, 0.5) is 19.0 Å². The number of anilines is 1. The maximum absolute atomic E-state index is 12.1. The van der Waals surface area contributed by atoms with Gasteiger partial charge in [-0.15, -0.1) is 0 Å². The van der Waals surface area contributed by atoms with Crippen molar-refractivity contribution in [3.05, 3.63) is 60.4 Å². The zero-order valence-electron chi connectivity index (χ0n) is 13.3. The molecule has 130 valence electrons. The predicted molar refractivity (Wildman–Crippen MR) is 89.7 cm³/mol. The van der Waals surface area contributed by atoms with Crippen molar-refractivity contribution in [2.24, 2.45) is 0 Å². The molecule has 3 rings (SSSR count). The highest BCUT2D eigenvalue weighted by atomic mass is 19.4. The van der Waals surface area contributed by atoms with Crippen molar-refractivity contribution < 1.29 is 17.9 Å². The van der Waals surface area contributed by atoms with E-state index in [1.807, 2.05) is 24.3 Å². The fourth-order valence-corrected chi connectivity index (χ4v) is 2.39. The van der Waals surface area contributed by atoms with Gasteiger partial charge in [-0.25, -0.2) is 9.97 Å². The van der Waals surface area contributed by atoms with Crippen LogP contribution < -0.4 is 10.1 Å². The fourth-order valence-electron chi connectivity index (χ4n) is 2.39. The number of hydrogen-bond acceptors (Lipinski definition) is 4. The Hall–Kier alpha value is -2.83. The SMILES string of the molecule is FC(F)(F)COc1ccc(CCNc2ncnc3ccccc23)cc1. The standard InChI is InChI=1S/C18H16F3N3O/c19-18(20,21)11-25-14-7-5-13(6-8-14)9-10-22-17-15-3-1-2-4-16(15)23-12-24-17/h1-8,12H,9-11H2,(H,22,23,24). The molecule has 3 aromatic rings. The van der Waals surface area contributed by atoms with E-state index in [0.717, 1.165) is 22.3 Å². The van der Waals surface area contributed by atoms with Crippen molar-refractivity contribution in [3.8, 4) is 5.75 Å². The van der Waals surface area contributed by atoms with Gasteiger partial charge in [0.2, 0.25) is 0 Å². The normalized spacial score (nSPS) is 11.5. The van der Waals surface area contributed by atoms with Gasteiger partial charge in [0.1, 0.15) is 17.9 Å². The second kappa shape index (κ2) is 7.38. The number of ether oxygens (including phenoxy) is 1. The van der Waals surface area contributed by atoms with E-state index in [2.05, 4.69) is 20.0 Å². The molecule has 1 N–H and O–H groups in total.